The Hall–Kier alpha value is -2.14. The Labute approximate surface area is 121 Å². The molecule has 21 heavy (non-hydrogen) atoms. The monoisotopic (exact) mass is 291 g/mol. The molecule has 2 aromatic rings. The maximum absolute atomic E-state index is 13.5. The molecule has 0 amide bonds. The summed E-state index contributed by atoms with van der Waals surface area (Å²) in [5.41, 5.74) is 1.45. The molecule has 1 heterocycles. The first kappa shape index (κ1) is 13.8. The normalized spacial score (nSPS) is 13.2. The molecule has 1 aliphatic heterocycles. The molecule has 0 aromatic heterocycles. The van der Waals surface area contributed by atoms with E-state index in [1.165, 1.54) is 12.1 Å². The van der Waals surface area contributed by atoms with Gasteiger partial charge >= 0.3 is 0 Å². The lowest BCUT2D eigenvalue weighted by Gasteiger charge is -2.19. The van der Waals surface area contributed by atoms with E-state index in [0.717, 1.165) is 23.1 Å². The SMILES string of the molecule is Fc1ccc(CNCc2ccc3c(c2)OCCO3)c(F)c1. The van der Waals surface area contributed by atoms with Crippen molar-refractivity contribution in [3.63, 3.8) is 0 Å². The minimum Gasteiger partial charge on any atom is -0.486 e. The van der Waals surface area contributed by atoms with Gasteiger partial charge in [-0.05, 0) is 23.8 Å². The van der Waals surface area contributed by atoms with E-state index in [0.29, 0.717) is 31.9 Å². The number of hydrogen-bond donors (Lipinski definition) is 1. The van der Waals surface area contributed by atoms with Crippen molar-refractivity contribution in [2.45, 2.75) is 13.1 Å². The number of hydrogen-bond acceptors (Lipinski definition) is 3. The van der Waals surface area contributed by atoms with Crippen LogP contribution in [-0.2, 0) is 13.1 Å². The summed E-state index contributed by atoms with van der Waals surface area (Å²) < 4.78 is 37.2. The molecule has 3 nitrogen and oxygen atoms in total. The van der Waals surface area contributed by atoms with Crippen LogP contribution in [0.2, 0.25) is 0 Å². The first-order chi connectivity index (χ1) is 10.2. The van der Waals surface area contributed by atoms with Gasteiger partial charge in [0.1, 0.15) is 24.8 Å². The third kappa shape index (κ3) is 3.31. The Bertz CT molecular complexity index is 646. The van der Waals surface area contributed by atoms with Crippen LogP contribution in [0.1, 0.15) is 11.1 Å². The summed E-state index contributed by atoms with van der Waals surface area (Å²) in [6.07, 6.45) is 0. The average molecular weight is 291 g/mol. The summed E-state index contributed by atoms with van der Waals surface area (Å²) >= 11 is 0. The molecule has 0 saturated heterocycles. The molecule has 0 unspecified atom stereocenters. The average Bonchev–Trinajstić information content (AvgIpc) is 2.49. The van der Waals surface area contributed by atoms with E-state index in [2.05, 4.69) is 5.32 Å². The predicted molar refractivity (Wildman–Crippen MR) is 74.3 cm³/mol. The lowest BCUT2D eigenvalue weighted by atomic mass is 10.1. The van der Waals surface area contributed by atoms with Crippen LogP contribution in [0.25, 0.3) is 0 Å². The van der Waals surface area contributed by atoms with E-state index in [1.807, 2.05) is 18.2 Å². The van der Waals surface area contributed by atoms with E-state index in [4.69, 9.17) is 9.47 Å². The van der Waals surface area contributed by atoms with Crippen LogP contribution in [0, 0.1) is 11.6 Å². The Morgan fingerprint density at radius 1 is 0.905 bits per heavy atom. The van der Waals surface area contributed by atoms with E-state index < -0.39 is 11.6 Å². The highest BCUT2D eigenvalue weighted by molar-refractivity contribution is 5.43. The summed E-state index contributed by atoms with van der Waals surface area (Å²) in [5.74, 6) is 0.371. The molecule has 0 fully saturated rings. The predicted octanol–water partition coefficient (Wildman–Crippen LogP) is 3.03. The van der Waals surface area contributed by atoms with Gasteiger partial charge in [-0.2, -0.15) is 0 Å². The van der Waals surface area contributed by atoms with Crippen molar-refractivity contribution in [3.05, 3.63) is 59.2 Å². The van der Waals surface area contributed by atoms with Gasteiger partial charge in [0.25, 0.3) is 0 Å². The number of ether oxygens (including phenoxy) is 2. The first-order valence-electron chi connectivity index (χ1n) is 6.75. The smallest absolute Gasteiger partial charge is 0.161 e. The summed E-state index contributed by atoms with van der Waals surface area (Å²) in [5, 5.41) is 3.13. The van der Waals surface area contributed by atoms with Gasteiger partial charge in [0, 0.05) is 24.7 Å². The molecular formula is C16H15F2NO2. The third-order valence-corrected chi connectivity index (χ3v) is 3.27. The van der Waals surface area contributed by atoms with Crippen LogP contribution in [0.4, 0.5) is 8.78 Å². The maximum Gasteiger partial charge on any atom is 0.161 e. The fourth-order valence-corrected chi connectivity index (χ4v) is 2.20. The second-order valence-corrected chi connectivity index (χ2v) is 4.82. The Morgan fingerprint density at radius 3 is 2.52 bits per heavy atom. The quantitative estimate of drug-likeness (QED) is 0.939. The number of fused-ring (bicyclic) bond motifs is 1. The molecule has 0 saturated carbocycles. The number of rotatable bonds is 4. The van der Waals surface area contributed by atoms with Gasteiger partial charge in [-0.25, -0.2) is 8.78 Å². The van der Waals surface area contributed by atoms with Crippen molar-refractivity contribution < 1.29 is 18.3 Å². The molecule has 2 aromatic carbocycles. The standard InChI is InChI=1S/C16H15F2NO2/c17-13-3-2-12(14(18)8-13)10-19-9-11-1-4-15-16(7-11)21-6-5-20-15/h1-4,7-8,19H,5-6,9-10H2. The molecule has 1 aliphatic rings. The van der Waals surface area contributed by atoms with Crippen molar-refractivity contribution >= 4 is 0 Å². The summed E-state index contributed by atoms with van der Waals surface area (Å²) in [7, 11) is 0. The molecule has 0 aliphatic carbocycles. The highest BCUT2D eigenvalue weighted by atomic mass is 19.1. The van der Waals surface area contributed by atoms with E-state index in [1.54, 1.807) is 0 Å². The van der Waals surface area contributed by atoms with E-state index >= 15 is 0 Å². The Morgan fingerprint density at radius 2 is 1.71 bits per heavy atom. The summed E-state index contributed by atoms with van der Waals surface area (Å²) in [4.78, 5) is 0. The van der Waals surface area contributed by atoms with Gasteiger partial charge in [-0.3, -0.25) is 0 Å². The fourth-order valence-electron chi connectivity index (χ4n) is 2.20. The van der Waals surface area contributed by atoms with Crippen LogP contribution in [0.3, 0.4) is 0 Å². The van der Waals surface area contributed by atoms with Crippen LogP contribution in [0.5, 0.6) is 11.5 Å². The van der Waals surface area contributed by atoms with Gasteiger partial charge in [0.2, 0.25) is 0 Å². The molecular weight excluding hydrogens is 276 g/mol. The van der Waals surface area contributed by atoms with Gasteiger partial charge in [-0.1, -0.05) is 12.1 Å². The van der Waals surface area contributed by atoms with Gasteiger partial charge in [-0.15, -0.1) is 0 Å². The van der Waals surface area contributed by atoms with Crippen LogP contribution >= 0.6 is 0 Å². The molecule has 3 rings (SSSR count). The molecule has 5 heteroatoms. The van der Waals surface area contributed by atoms with Crippen LogP contribution < -0.4 is 14.8 Å². The zero-order valence-corrected chi connectivity index (χ0v) is 11.4. The molecule has 0 atom stereocenters. The van der Waals surface area contributed by atoms with Gasteiger partial charge < -0.3 is 14.8 Å². The summed E-state index contributed by atoms with van der Waals surface area (Å²) in [6.45, 7) is 2.01. The zero-order chi connectivity index (χ0) is 14.7. The fraction of sp³-hybridized carbons (Fsp3) is 0.250. The highest BCUT2D eigenvalue weighted by Gasteiger charge is 2.11. The van der Waals surface area contributed by atoms with Gasteiger partial charge in [0.05, 0.1) is 0 Å². The van der Waals surface area contributed by atoms with E-state index in [9.17, 15) is 8.78 Å². The molecule has 0 spiro atoms. The van der Waals surface area contributed by atoms with Crippen molar-refractivity contribution in [2.75, 3.05) is 13.2 Å². The van der Waals surface area contributed by atoms with Crippen molar-refractivity contribution in [1.82, 2.24) is 5.32 Å². The largest absolute Gasteiger partial charge is 0.486 e. The van der Waals surface area contributed by atoms with E-state index in [-0.39, 0.29) is 0 Å². The minimum absolute atomic E-state index is 0.334. The lowest BCUT2D eigenvalue weighted by Crippen LogP contribution is -2.17. The maximum atomic E-state index is 13.5. The highest BCUT2D eigenvalue weighted by Crippen LogP contribution is 2.30. The molecule has 0 radical (unpaired) electrons. The minimum atomic E-state index is -0.567. The van der Waals surface area contributed by atoms with Crippen LogP contribution in [-0.4, -0.2) is 13.2 Å². The number of halogens is 2. The number of benzene rings is 2. The Balaban J connectivity index is 1.60. The van der Waals surface area contributed by atoms with Crippen molar-refractivity contribution in [1.29, 1.82) is 0 Å². The lowest BCUT2D eigenvalue weighted by molar-refractivity contribution is 0.171. The zero-order valence-electron chi connectivity index (χ0n) is 11.4. The first-order valence-corrected chi connectivity index (χ1v) is 6.75. The van der Waals surface area contributed by atoms with Crippen molar-refractivity contribution in [2.24, 2.45) is 0 Å². The molecule has 0 bridgehead atoms. The topological polar surface area (TPSA) is 30.5 Å². The number of nitrogens with one attached hydrogen (secondary N) is 1. The summed E-state index contributed by atoms with van der Waals surface area (Å²) in [6, 6.07) is 9.29. The second-order valence-electron chi connectivity index (χ2n) is 4.82. The third-order valence-electron chi connectivity index (χ3n) is 3.27. The molecule has 1 N–H and O–H groups in total. The Kier molecular flexibility index (Phi) is 4.01. The molecule has 110 valence electrons. The van der Waals surface area contributed by atoms with Crippen molar-refractivity contribution in [3.8, 4) is 11.5 Å². The van der Waals surface area contributed by atoms with Gasteiger partial charge in [0.15, 0.2) is 11.5 Å². The van der Waals surface area contributed by atoms with Crippen LogP contribution in [0.15, 0.2) is 36.4 Å². The second kappa shape index (κ2) is 6.10.